The van der Waals surface area contributed by atoms with E-state index >= 15 is 0 Å². The van der Waals surface area contributed by atoms with E-state index in [2.05, 4.69) is 10.4 Å². The number of nitrogens with two attached hydrogens (primary N) is 1. The van der Waals surface area contributed by atoms with Crippen LogP contribution in [0.3, 0.4) is 0 Å². The lowest BCUT2D eigenvalue weighted by molar-refractivity contribution is -0.136. The third kappa shape index (κ3) is 4.71. The molecule has 2 aromatic rings. The summed E-state index contributed by atoms with van der Waals surface area (Å²) in [5.41, 5.74) is 7.10. The summed E-state index contributed by atoms with van der Waals surface area (Å²) in [6, 6.07) is 6.83. The van der Waals surface area contributed by atoms with Crippen molar-refractivity contribution in [3.05, 3.63) is 42.2 Å². The second-order valence-corrected chi connectivity index (χ2v) is 5.46. The zero-order chi connectivity index (χ0) is 16.9. The van der Waals surface area contributed by atoms with Gasteiger partial charge in [-0.3, -0.25) is 14.3 Å². The average molecular weight is 366 g/mol. The van der Waals surface area contributed by atoms with Crippen LogP contribution >= 0.6 is 12.4 Å². The van der Waals surface area contributed by atoms with Crippen molar-refractivity contribution >= 4 is 35.6 Å². The van der Waals surface area contributed by atoms with Crippen LogP contribution in [-0.4, -0.2) is 52.8 Å². The number of hydrogen-bond donors (Lipinski definition) is 2. The number of anilines is 2. The maximum Gasteiger partial charge on any atom is 0.257 e. The molecule has 0 saturated carbocycles. The number of nitrogen functional groups attached to an aromatic ring is 1. The van der Waals surface area contributed by atoms with Gasteiger partial charge in [0.1, 0.15) is 6.54 Å². The number of aromatic nitrogens is 2. The summed E-state index contributed by atoms with van der Waals surface area (Å²) >= 11 is 0. The third-order valence-corrected chi connectivity index (χ3v) is 3.76. The molecular weight excluding hydrogens is 346 g/mol. The molecule has 0 atom stereocenters. The molecule has 1 aromatic carbocycles. The van der Waals surface area contributed by atoms with Crippen LogP contribution in [0.15, 0.2) is 36.7 Å². The van der Waals surface area contributed by atoms with Crippen LogP contribution in [0.25, 0.3) is 0 Å². The Labute approximate surface area is 151 Å². The van der Waals surface area contributed by atoms with E-state index < -0.39 is 0 Å². The van der Waals surface area contributed by atoms with Crippen molar-refractivity contribution in [1.29, 1.82) is 0 Å². The number of rotatable bonds is 4. The highest BCUT2D eigenvalue weighted by Crippen LogP contribution is 2.14. The molecule has 1 aliphatic heterocycles. The lowest BCUT2D eigenvalue weighted by atomic mass is 10.1. The monoisotopic (exact) mass is 365 g/mol. The van der Waals surface area contributed by atoms with Crippen molar-refractivity contribution in [1.82, 2.24) is 14.7 Å². The van der Waals surface area contributed by atoms with E-state index in [0.29, 0.717) is 43.2 Å². The number of ether oxygens (including phenoxy) is 1. The lowest BCUT2D eigenvalue weighted by Gasteiger charge is -2.26. The Hall–Kier alpha value is -2.58. The first-order valence-corrected chi connectivity index (χ1v) is 7.67. The standard InChI is InChI=1S/C16H19N5O3.ClH/c17-14-4-2-1-3-13(14)16(23)19-12-9-18-21(10-12)11-15(22)20-5-7-24-8-6-20;/h1-4,9-10H,5-8,11,17H2,(H,19,23);1H. The Balaban J connectivity index is 0.00000225. The van der Waals surface area contributed by atoms with Crippen LogP contribution in [-0.2, 0) is 16.1 Å². The molecule has 1 aliphatic rings. The van der Waals surface area contributed by atoms with Crippen molar-refractivity contribution in [2.24, 2.45) is 0 Å². The van der Waals surface area contributed by atoms with Crippen molar-refractivity contribution < 1.29 is 14.3 Å². The number of nitrogens with zero attached hydrogens (tertiary/aromatic N) is 3. The van der Waals surface area contributed by atoms with E-state index in [-0.39, 0.29) is 30.8 Å². The molecule has 2 heterocycles. The molecule has 0 aliphatic carbocycles. The molecule has 1 aromatic heterocycles. The molecule has 0 spiro atoms. The number of amides is 2. The van der Waals surface area contributed by atoms with Gasteiger partial charge in [-0.2, -0.15) is 5.10 Å². The molecule has 3 rings (SSSR count). The summed E-state index contributed by atoms with van der Waals surface area (Å²) in [4.78, 5) is 26.1. The van der Waals surface area contributed by atoms with Crippen LogP contribution in [0, 0.1) is 0 Å². The fraction of sp³-hybridized carbons (Fsp3) is 0.312. The van der Waals surface area contributed by atoms with Gasteiger partial charge in [0.2, 0.25) is 5.91 Å². The molecule has 9 heteroatoms. The average Bonchev–Trinajstić information content (AvgIpc) is 3.02. The van der Waals surface area contributed by atoms with Gasteiger partial charge in [0, 0.05) is 25.0 Å². The fourth-order valence-corrected chi connectivity index (χ4v) is 2.47. The smallest absolute Gasteiger partial charge is 0.257 e. The molecule has 134 valence electrons. The van der Waals surface area contributed by atoms with E-state index in [9.17, 15) is 9.59 Å². The van der Waals surface area contributed by atoms with Gasteiger partial charge in [-0.1, -0.05) is 12.1 Å². The van der Waals surface area contributed by atoms with Crippen LogP contribution in [0.1, 0.15) is 10.4 Å². The summed E-state index contributed by atoms with van der Waals surface area (Å²) in [5.74, 6) is -0.335. The predicted octanol–water partition coefficient (Wildman–Crippen LogP) is 0.998. The Morgan fingerprint density at radius 2 is 1.96 bits per heavy atom. The number of morpholine rings is 1. The Morgan fingerprint density at radius 3 is 2.68 bits per heavy atom. The summed E-state index contributed by atoms with van der Waals surface area (Å²) < 4.78 is 6.73. The normalized spacial score (nSPS) is 13.8. The summed E-state index contributed by atoms with van der Waals surface area (Å²) in [6.07, 6.45) is 3.12. The molecule has 0 radical (unpaired) electrons. The van der Waals surface area contributed by atoms with Crippen LogP contribution in [0.5, 0.6) is 0 Å². The van der Waals surface area contributed by atoms with Gasteiger partial charge in [-0.15, -0.1) is 12.4 Å². The first kappa shape index (κ1) is 18.8. The first-order chi connectivity index (χ1) is 11.6. The lowest BCUT2D eigenvalue weighted by Crippen LogP contribution is -2.42. The number of nitrogens with one attached hydrogen (secondary N) is 1. The van der Waals surface area contributed by atoms with Crippen LogP contribution in [0.4, 0.5) is 11.4 Å². The molecule has 8 nitrogen and oxygen atoms in total. The van der Waals surface area contributed by atoms with Crippen LogP contribution < -0.4 is 11.1 Å². The molecule has 1 saturated heterocycles. The molecular formula is C16H20ClN5O3. The van der Waals surface area contributed by atoms with E-state index in [1.54, 1.807) is 35.4 Å². The molecule has 0 bridgehead atoms. The zero-order valence-electron chi connectivity index (χ0n) is 13.6. The third-order valence-electron chi connectivity index (χ3n) is 3.76. The van der Waals surface area contributed by atoms with E-state index in [0.717, 1.165) is 0 Å². The molecule has 1 fully saturated rings. The van der Waals surface area contributed by atoms with Crippen LogP contribution in [0.2, 0.25) is 0 Å². The summed E-state index contributed by atoms with van der Waals surface area (Å²) in [6.45, 7) is 2.44. The highest BCUT2D eigenvalue weighted by Gasteiger charge is 2.17. The second kappa shape index (κ2) is 8.50. The minimum atomic E-state index is -0.313. The minimum absolute atomic E-state index is 0. The summed E-state index contributed by atoms with van der Waals surface area (Å²) in [7, 11) is 0. The van der Waals surface area contributed by atoms with Gasteiger partial charge in [0.05, 0.1) is 30.7 Å². The highest BCUT2D eigenvalue weighted by molar-refractivity contribution is 6.07. The van der Waals surface area contributed by atoms with Gasteiger partial charge < -0.3 is 20.7 Å². The fourth-order valence-electron chi connectivity index (χ4n) is 2.47. The number of halogens is 1. The number of hydrogen-bond acceptors (Lipinski definition) is 5. The summed E-state index contributed by atoms with van der Waals surface area (Å²) in [5, 5.41) is 6.84. The minimum Gasteiger partial charge on any atom is -0.398 e. The van der Waals surface area contributed by atoms with Gasteiger partial charge in [0.25, 0.3) is 5.91 Å². The molecule has 2 amide bonds. The van der Waals surface area contributed by atoms with Gasteiger partial charge in [0.15, 0.2) is 0 Å². The Kier molecular flexibility index (Phi) is 6.37. The number of benzene rings is 1. The SMILES string of the molecule is Cl.Nc1ccccc1C(=O)Nc1cnn(CC(=O)N2CCOCC2)c1. The quantitative estimate of drug-likeness (QED) is 0.787. The molecule has 3 N–H and O–H groups in total. The van der Waals surface area contributed by atoms with Gasteiger partial charge in [-0.25, -0.2) is 0 Å². The highest BCUT2D eigenvalue weighted by atomic mass is 35.5. The molecule has 0 unspecified atom stereocenters. The molecule has 25 heavy (non-hydrogen) atoms. The van der Waals surface area contributed by atoms with Crippen molar-refractivity contribution in [2.45, 2.75) is 6.54 Å². The largest absolute Gasteiger partial charge is 0.398 e. The second-order valence-electron chi connectivity index (χ2n) is 5.46. The van der Waals surface area contributed by atoms with Gasteiger partial charge in [-0.05, 0) is 12.1 Å². The first-order valence-electron chi connectivity index (χ1n) is 7.67. The van der Waals surface area contributed by atoms with E-state index in [1.165, 1.54) is 10.9 Å². The van der Waals surface area contributed by atoms with Gasteiger partial charge >= 0.3 is 0 Å². The topological polar surface area (TPSA) is 102 Å². The van der Waals surface area contributed by atoms with E-state index in [1.807, 2.05) is 0 Å². The number of para-hydroxylation sites is 1. The van der Waals surface area contributed by atoms with Crippen molar-refractivity contribution in [3.8, 4) is 0 Å². The maximum atomic E-state index is 12.2. The van der Waals surface area contributed by atoms with E-state index in [4.69, 9.17) is 10.5 Å². The number of carbonyl (C=O) groups is 2. The Bertz CT molecular complexity index is 743. The van der Waals surface area contributed by atoms with Crippen molar-refractivity contribution in [3.63, 3.8) is 0 Å². The zero-order valence-corrected chi connectivity index (χ0v) is 14.4. The number of carbonyl (C=O) groups excluding carboxylic acids is 2. The predicted molar refractivity (Wildman–Crippen MR) is 95.7 cm³/mol. The maximum absolute atomic E-state index is 12.2. The Morgan fingerprint density at radius 1 is 1.24 bits per heavy atom. The van der Waals surface area contributed by atoms with Crippen molar-refractivity contribution in [2.75, 3.05) is 37.4 Å².